The highest BCUT2D eigenvalue weighted by Crippen LogP contribution is 2.13. The molecule has 3 rings (SSSR count). The molecule has 0 aliphatic carbocycles. The Morgan fingerprint density at radius 3 is 2.38 bits per heavy atom. The maximum atomic E-state index is 11.9. The van der Waals surface area contributed by atoms with E-state index in [-0.39, 0.29) is 6.09 Å². The predicted octanol–water partition coefficient (Wildman–Crippen LogP) is 1.37. The largest absolute Gasteiger partial charge is 0.450 e. The molecule has 1 aromatic rings. The van der Waals surface area contributed by atoms with Gasteiger partial charge in [-0.3, -0.25) is 9.89 Å². The number of nitrogens with zero attached hydrogens (tertiary/aromatic N) is 4. The summed E-state index contributed by atoms with van der Waals surface area (Å²) in [5.41, 5.74) is 2.62. The lowest BCUT2D eigenvalue weighted by Gasteiger charge is -2.36. The van der Waals surface area contributed by atoms with Crippen LogP contribution in [0, 0.1) is 0 Å². The second kappa shape index (κ2) is 11.0. The number of aliphatic imine (C=N–C) groups is 1. The Morgan fingerprint density at radius 2 is 1.72 bits per heavy atom. The van der Waals surface area contributed by atoms with Gasteiger partial charge in [-0.05, 0) is 18.1 Å². The van der Waals surface area contributed by atoms with Crippen LogP contribution in [-0.2, 0) is 22.6 Å². The van der Waals surface area contributed by atoms with Crippen LogP contribution >= 0.6 is 0 Å². The summed E-state index contributed by atoms with van der Waals surface area (Å²) in [4.78, 5) is 22.7. The van der Waals surface area contributed by atoms with Crippen LogP contribution in [0.2, 0.25) is 0 Å². The molecule has 2 heterocycles. The van der Waals surface area contributed by atoms with E-state index >= 15 is 0 Å². The lowest BCUT2D eigenvalue weighted by molar-refractivity contribution is 0.0340. The number of rotatable bonds is 5. The van der Waals surface area contributed by atoms with Crippen molar-refractivity contribution in [3.8, 4) is 0 Å². The summed E-state index contributed by atoms with van der Waals surface area (Å²) in [5, 5.41) is 3.50. The molecule has 2 aliphatic heterocycles. The van der Waals surface area contributed by atoms with E-state index in [1.54, 1.807) is 11.9 Å². The zero-order valence-electron chi connectivity index (χ0n) is 17.6. The normalized spacial score (nSPS) is 18.6. The van der Waals surface area contributed by atoms with Gasteiger partial charge in [0, 0.05) is 59.4 Å². The number of hydrogen-bond donors (Lipinski definition) is 1. The molecular weight excluding hydrogens is 370 g/mol. The fourth-order valence-electron chi connectivity index (χ4n) is 3.71. The van der Waals surface area contributed by atoms with E-state index in [4.69, 9.17) is 9.47 Å². The van der Waals surface area contributed by atoms with Crippen molar-refractivity contribution in [2.24, 2.45) is 4.99 Å². The van der Waals surface area contributed by atoms with Crippen molar-refractivity contribution < 1.29 is 14.3 Å². The number of amides is 1. The number of carbonyl (C=O) groups excluding carboxylic acids is 1. The maximum Gasteiger partial charge on any atom is 0.409 e. The Labute approximate surface area is 173 Å². The zero-order chi connectivity index (χ0) is 20.5. The zero-order valence-corrected chi connectivity index (χ0v) is 17.6. The van der Waals surface area contributed by atoms with E-state index in [9.17, 15) is 4.79 Å². The Bertz CT molecular complexity index is 683. The van der Waals surface area contributed by atoms with Gasteiger partial charge >= 0.3 is 6.09 Å². The minimum atomic E-state index is -0.230. The molecule has 0 aromatic heterocycles. The smallest absolute Gasteiger partial charge is 0.409 e. The summed E-state index contributed by atoms with van der Waals surface area (Å²) in [6, 6.07) is 8.56. The molecule has 0 atom stereocenters. The number of carbonyl (C=O) groups is 1. The lowest BCUT2D eigenvalue weighted by Crippen LogP contribution is -2.53. The van der Waals surface area contributed by atoms with Crippen molar-refractivity contribution >= 4 is 12.1 Å². The SMILES string of the molecule is CCOC(=O)N1CCN(C(=NC)NCc2ccccc2CN2CCOCC2)CC1. The molecule has 8 nitrogen and oxygen atoms in total. The van der Waals surface area contributed by atoms with E-state index in [0.717, 1.165) is 58.4 Å². The predicted molar refractivity (Wildman–Crippen MR) is 113 cm³/mol. The Hall–Kier alpha value is -2.32. The van der Waals surface area contributed by atoms with Gasteiger partial charge in [-0.15, -0.1) is 0 Å². The fraction of sp³-hybridized carbons (Fsp3) is 0.619. The molecule has 0 spiro atoms. The van der Waals surface area contributed by atoms with Gasteiger partial charge in [-0.25, -0.2) is 4.79 Å². The third-order valence-corrected chi connectivity index (χ3v) is 5.37. The molecule has 8 heteroatoms. The number of benzene rings is 1. The monoisotopic (exact) mass is 403 g/mol. The van der Waals surface area contributed by atoms with Gasteiger partial charge in [0.1, 0.15) is 0 Å². The molecule has 2 saturated heterocycles. The van der Waals surface area contributed by atoms with E-state index in [2.05, 4.69) is 44.4 Å². The van der Waals surface area contributed by atoms with Crippen LogP contribution in [0.5, 0.6) is 0 Å². The van der Waals surface area contributed by atoms with Gasteiger partial charge < -0.3 is 24.6 Å². The molecule has 1 N–H and O–H groups in total. The Balaban J connectivity index is 1.53. The van der Waals surface area contributed by atoms with Crippen LogP contribution in [0.15, 0.2) is 29.3 Å². The number of piperazine rings is 1. The minimum Gasteiger partial charge on any atom is -0.450 e. The summed E-state index contributed by atoms with van der Waals surface area (Å²) in [6.07, 6.45) is -0.230. The topological polar surface area (TPSA) is 69.6 Å². The minimum absolute atomic E-state index is 0.230. The number of guanidine groups is 1. The summed E-state index contributed by atoms with van der Waals surface area (Å²) < 4.78 is 10.6. The van der Waals surface area contributed by atoms with Gasteiger partial charge in [0.15, 0.2) is 5.96 Å². The summed E-state index contributed by atoms with van der Waals surface area (Å²) in [5.74, 6) is 0.870. The first kappa shape index (κ1) is 21.4. The van der Waals surface area contributed by atoms with Gasteiger partial charge in [-0.2, -0.15) is 0 Å². The highest BCUT2D eigenvalue weighted by atomic mass is 16.6. The highest BCUT2D eigenvalue weighted by Gasteiger charge is 2.23. The third-order valence-electron chi connectivity index (χ3n) is 5.37. The first-order valence-corrected chi connectivity index (χ1v) is 10.5. The van der Waals surface area contributed by atoms with Crippen LogP contribution in [-0.4, -0.2) is 92.9 Å². The molecule has 29 heavy (non-hydrogen) atoms. The quantitative estimate of drug-likeness (QED) is 0.592. The molecule has 2 aliphatic rings. The van der Waals surface area contributed by atoms with Gasteiger partial charge in [0.05, 0.1) is 19.8 Å². The molecular formula is C21H33N5O3. The van der Waals surface area contributed by atoms with Crippen LogP contribution in [0.3, 0.4) is 0 Å². The molecule has 0 bridgehead atoms. The van der Waals surface area contributed by atoms with Gasteiger partial charge in [0.25, 0.3) is 0 Å². The van der Waals surface area contributed by atoms with Crippen LogP contribution in [0.25, 0.3) is 0 Å². The molecule has 160 valence electrons. The lowest BCUT2D eigenvalue weighted by atomic mass is 10.1. The third kappa shape index (κ3) is 6.08. The Morgan fingerprint density at radius 1 is 1.07 bits per heavy atom. The van der Waals surface area contributed by atoms with Crippen molar-refractivity contribution in [2.45, 2.75) is 20.0 Å². The molecule has 0 unspecified atom stereocenters. The molecule has 0 saturated carbocycles. The second-order valence-electron chi connectivity index (χ2n) is 7.23. The van der Waals surface area contributed by atoms with E-state index < -0.39 is 0 Å². The molecule has 1 aromatic carbocycles. The van der Waals surface area contributed by atoms with Gasteiger partial charge in [0.2, 0.25) is 0 Å². The standard InChI is InChI=1S/C21H33N5O3/c1-3-29-21(27)26-10-8-25(9-11-26)20(22-2)23-16-18-6-4-5-7-19(18)17-24-12-14-28-15-13-24/h4-7H,3,8-17H2,1-2H3,(H,22,23). The van der Waals surface area contributed by atoms with E-state index in [1.165, 1.54) is 11.1 Å². The molecule has 1 amide bonds. The van der Waals surface area contributed by atoms with Crippen molar-refractivity contribution in [2.75, 3.05) is 66.1 Å². The van der Waals surface area contributed by atoms with E-state index in [1.807, 2.05) is 6.92 Å². The first-order chi connectivity index (χ1) is 14.2. The average molecular weight is 404 g/mol. The average Bonchev–Trinajstić information content (AvgIpc) is 2.76. The second-order valence-corrected chi connectivity index (χ2v) is 7.23. The number of ether oxygens (including phenoxy) is 2. The summed E-state index contributed by atoms with van der Waals surface area (Å²) in [6.45, 7) is 10.3. The summed E-state index contributed by atoms with van der Waals surface area (Å²) in [7, 11) is 1.81. The van der Waals surface area contributed by atoms with Crippen molar-refractivity contribution in [3.63, 3.8) is 0 Å². The van der Waals surface area contributed by atoms with E-state index in [0.29, 0.717) is 19.7 Å². The van der Waals surface area contributed by atoms with Crippen LogP contribution in [0.4, 0.5) is 4.79 Å². The summed E-state index contributed by atoms with van der Waals surface area (Å²) >= 11 is 0. The van der Waals surface area contributed by atoms with Crippen molar-refractivity contribution in [1.82, 2.24) is 20.0 Å². The number of morpholine rings is 1. The van der Waals surface area contributed by atoms with Gasteiger partial charge in [-0.1, -0.05) is 24.3 Å². The maximum absolute atomic E-state index is 11.9. The number of hydrogen-bond acceptors (Lipinski definition) is 5. The molecule has 2 fully saturated rings. The van der Waals surface area contributed by atoms with Crippen LogP contribution in [0.1, 0.15) is 18.1 Å². The van der Waals surface area contributed by atoms with Crippen LogP contribution < -0.4 is 5.32 Å². The number of nitrogens with one attached hydrogen (secondary N) is 1. The van der Waals surface area contributed by atoms with Crippen molar-refractivity contribution in [1.29, 1.82) is 0 Å². The first-order valence-electron chi connectivity index (χ1n) is 10.5. The molecule has 0 radical (unpaired) electrons. The Kier molecular flexibility index (Phi) is 8.13. The van der Waals surface area contributed by atoms with Crippen molar-refractivity contribution in [3.05, 3.63) is 35.4 Å². The fourth-order valence-corrected chi connectivity index (χ4v) is 3.71. The highest BCUT2D eigenvalue weighted by molar-refractivity contribution is 5.80.